The lowest BCUT2D eigenvalue weighted by Gasteiger charge is -2.03. The third-order valence-electron chi connectivity index (χ3n) is 2.56. The van der Waals surface area contributed by atoms with Gasteiger partial charge in [0.1, 0.15) is 0 Å². The molecule has 0 saturated heterocycles. The third-order valence-corrected chi connectivity index (χ3v) is 3.36. The summed E-state index contributed by atoms with van der Waals surface area (Å²) in [7, 11) is 0. The van der Waals surface area contributed by atoms with Crippen LogP contribution in [0.15, 0.2) is 42.3 Å². The summed E-state index contributed by atoms with van der Waals surface area (Å²) in [6.07, 6.45) is 1.79. The van der Waals surface area contributed by atoms with Gasteiger partial charge in [-0.1, -0.05) is 18.2 Å². The van der Waals surface area contributed by atoms with Crippen molar-refractivity contribution >= 4 is 40.0 Å². The number of carbonyl (C=O) groups is 3. The van der Waals surface area contributed by atoms with Crippen LogP contribution in [0.25, 0.3) is 11.3 Å². The molecule has 0 fully saturated rings. The van der Waals surface area contributed by atoms with E-state index in [4.69, 9.17) is 19.8 Å². The highest BCUT2D eigenvalue weighted by molar-refractivity contribution is 7.14. The number of aliphatic carboxylic acids is 2. The van der Waals surface area contributed by atoms with Crippen LogP contribution in [-0.4, -0.2) is 39.6 Å². The van der Waals surface area contributed by atoms with Gasteiger partial charge in [0.25, 0.3) is 0 Å². The minimum Gasteiger partial charge on any atom is -0.473 e. The molecule has 1 aromatic carbocycles. The number of benzene rings is 1. The van der Waals surface area contributed by atoms with E-state index in [0.717, 1.165) is 22.1 Å². The average Bonchev–Trinajstić information content (AvgIpc) is 3.02. The first-order valence-corrected chi connectivity index (χ1v) is 7.86. The number of anilines is 2. The van der Waals surface area contributed by atoms with E-state index in [0.29, 0.717) is 6.54 Å². The van der Waals surface area contributed by atoms with Gasteiger partial charge >= 0.3 is 11.9 Å². The number of amides is 1. The van der Waals surface area contributed by atoms with Crippen LogP contribution in [0.3, 0.4) is 0 Å². The maximum atomic E-state index is 11.0. The zero-order valence-electron chi connectivity index (χ0n) is 13.4. The fourth-order valence-corrected chi connectivity index (χ4v) is 2.34. The number of nitrogens with zero attached hydrogens (tertiary/aromatic N) is 1. The summed E-state index contributed by atoms with van der Waals surface area (Å²) in [6, 6.07) is 7.64. The quantitative estimate of drug-likeness (QED) is 0.474. The summed E-state index contributed by atoms with van der Waals surface area (Å²) < 4.78 is 0. The molecule has 4 N–H and O–H groups in total. The molecular formula is C16H17N3O5S. The molecule has 0 saturated carbocycles. The lowest BCUT2D eigenvalue weighted by Crippen LogP contribution is -2.09. The van der Waals surface area contributed by atoms with E-state index < -0.39 is 11.9 Å². The first-order valence-electron chi connectivity index (χ1n) is 6.98. The molecule has 8 nitrogen and oxygen atoms in total. The van der Waals surface area contributed by atoms with Gasteiger partial charge in [0.05, 0.1) is 5.69 Å². The topological polar surface area (TPSA) is 129 Å². The highest BCUT2D eigenvalue weighted by Gasteiger charge is 2.05. The second kappa shape index (κ2) is 9.83. The van der Waals surface area contributed by atoms with Gasteiger partial charge in [-0.05, 0) is 12.1 Å². The van der Waals surface area contributed by atoms with E-state index >= 15 is 0 Å². The monoisotopic (exact) mass is 363 g/mol. The summed E-state index contributed by atoms with van der Waals surface area (Å²) in [5, 5.41) is 23.5. The molecule has 1 amide bonds. The highest BCUT2D eigenvalue weighted by Crippen LogP contribution is 2.26. The molecule has 9 heteroatoms. The Kier molecular flexibility index (Phi) is 7.80. The SMILES string of the molecule is C=CCNc1nc(-c2cccc(NC(C)=O)c2)cs1.O=C(O)C(=O)O. The van der Waals surface area contributed by atoms with Gasteiger partial charge in [-0.3, -0.25) is 4.79 Å². The Morgan fingerprint density at radius 2 is 1.96 bits per heavy atom. The summed E-state index contributed by atoms with van der Waals surface area (Å²) >= 11 is 1.55. The van der Waals surface area contributed by atoms with Gasteiger partial charge in [-0.15, -0.1) is 17.9 Å². The van der Waals surface area contributed by atoms with Crippen LogP contribution < -0.4 is 10.6 Å². The van der Waals surface area contributed by atoms with Crippen LogP contribution in [0.4, 0.5) is 10.8 Å². The molecule has 2 aromatic rings. The molecule has 0 atom stereocenters. The average molecular weight is 363 g/mol. The minimum absolute atomic E-state index is 0.0798. The third kappa shape index (κ3) is 7.27. The van der Waals surface area contributed by atoms with Crippen LogP contribution in [-0.2, 0) is 14.4 Å². The van der Waals surface area contributed by atoms with Gasteiger partial charge in [0.2, 0.25) is 5.91 Å². The molecule has 0 radical (unpaired) electrons. The number of carboxylic acids is 2. The van der Waals surface area contributed by atoms with Crippen LogP contribution in [0.1, 0.15) is 6.92 Å². The number of rotatable bonds is 5. The fourth-order valence-electron chi connectivity index (χ4n) is 1.61. The first kappa shape index (κ1) is 19.8. The van der Waals surface area contributed by atoms with Crippen molar-refractivity contribution in [2.45, 2.75) is 6.92 Å². The zero-order valence-corrected chi connectivity index (χ0v) is 14.2. The standard InChI is InChI=1S/C14H15N3OS.C2H2O4/c1-3-7-15-14-17-13(9-19-14)11-5-4-6-12(8-11)16-10(2)18;3-1(4)2(5)6/h3-6,8-9H,1,7H2,2H3,(H,15,17)(H,16,18);(H,3,4)(H,5,6). The summed E-state index contributed by atoms with van der Waals surface area (Å²) in [6.45, 7) is 5.84. The van der Waals surface area contributed by atoms with E-state index in [1.165, 1.54) is 6.92 Å². The van der Waals surface area contributed by atoms with Crippen molar-refractivity contribution in [3.05, 3.63) is 42.3 Å². The Bertz CT molecular complexity index is 761. The molecule has 1 heterocycles. The molecule has 2 rings (SSSR count). The first-order chi connectivity index (χ1) is 11.8. The maximum absolute atomic E-state index is 11.0. The second-order valence-electron chi connectivity index (χ2n) is 4.58. The van der Waals surface area contributed by atoms with Crippen LogP contribution >= 0.6 is 11.3 Å². The maximum Gasteiger partial charge on any atom is 0.414 e. The highest BCUT2D eigenvalue weighted by atomic mass is 32.1. The van der Waals surface area contributed by atoms with Gasteiger partial charge in [-0.25, -0.2) is 14.6 Å². The normalized spacial score (nSPS) is 9.32. The van der Waals surface area contributed by atoms with E-state index in [-0.39, 0.29) is 5.91 Å². The predicted molar refractivity (Wildman–Crippen MR) is 95.8 cm³/mol. The van der Waals surface area contributed by atoms with Crippen LogP contribution in [0.5, 0.6) is 0 Å². The van der Waals surface area contributed by atoms with E-state index in [1.807, 2.05) is 29.6 Å². The molecule has 132 valence electrons. The van der Waals surface area contributed by atoms with Crippen molar-refractivity contribution in [3.8, 4) is 11.3 Å². The lowest BCUT2D eigenvalue weighted by molar-refractivity contribution is -0.159. The second-order valence-corrected chi connectivity index (χ2v) is 5.44. The van der Waals surface area contributed by atoms with Crippen LogP contribution in [0.2, 0.25) is 0 Å². The van der Waals surface area contributed by atoms with Crippen molar-refractivity contribution in [2.24, 2.45) is 0 Å². The number of hydrogen-bond acceptors (Lipinski definition) is 6. The molecule has 1 aromatic heterocycles. The molecule has 0 bridgehead atoms. The molecule has 25 heavy (non-hydrogen) atoms. The predicted octanol–water partition coefficient (Wildman–Crippen LogP) is 2.52. The Labute approximate surface area is 147 Å². The van der Waals surface area contributed by atoms with Crippen LogP contribution in [0, 0.1) is 0 Å². The smallest absolute Gasteiger partial charge is 0.414 e. The van der Waals surface area contributed by atoms with Crippen molar-refractivity contribution in [1.82, 2.24) is 4.98 Å². The number of thiazole rings is 1. The number of carbonyl (C=O) groups excluding carboxylic acids is 1. The van der Waals surface area contributed by atoms with Gasteiger partial charge in [-0.2, -0.15) is 0 Å². The zero-order chi connectivity index (χ0) is 18.8. The van der Waals surface area contributed by atoms with Gasteiger partial charge < -0.3 is 20.8 Å². The molecule has 0 aliphatic rings. The molecular weight excluding hydrogens is 346 g/mol. The number of carboxylic acid groups (broad SMARTS) is 2. The minimum atomic E-state index is -1.82. The molecule has 0 aliphatic heterocycles. The van der Waals surface area contributed by atoms with Crippen molar-refractivity contribution in [2.75, 3.05) is 17.2 Å². The Balaban J connectivity index is 0.000000450. The molecule has 0 unspecified atom stereocenters. The van der Waals surface area contributed by atoms with E-state index in [1.54, 1.807) is 17.4 Å². The van der Waals surface area contributed by atoms with Crippen molar-refractivity contribution in [1.29, 1.82) is 0 Å². The Hall–Kier alpha value is -3.20. The van der Waals surface area contributed by atoms with E-state index in [9.17, 15) is 4.79 Å². The largest absolute Gasteiger partial charge is 0.473 e. The Morgan fingerprint density at radius 1 is 1.28 bits per heavy atom. The van der Waals surface area contributed by atoms with Crippen molar-refractivity contribution < 1.29 is 24.6 Å². The summed E-state index contributed by atoms with van der Waals surface area (Å²) in [4.78, 5) is 33.7. The fraction of sp³-hybridized carbons (Fsp3) is 0.125. The van der Waals surface area contributed by atoms with Gasteiger partial charge in [0, 0.05) is 30.1 Å². The van der Waals surface area contributed by atoms with Crippen molar-refractivity contribution in [3.63, 3.8) is 0 Å². The Morgan fingerprint density at radius 3 is 2.52 bits per heavy atom. The molecule has 0 spiro atoms. The number of nitrogens with one attached hydrogen (secondary N) is 2. The number of hydrogen-bond donors (Lipinski definition) is 4. The summed E-state index contributed by atoms with van der Waals surface area (Å²) in [5.41, 5.74) is 2.65. The lowest BCUT2D eigenvalue weighted by atomic mass is 10.1. The van der Waals surface area contributed by atoms with E-state index in [2.05, 4.69) is 22.2 Å². The summed E-state index contributed by atoms with van der Waals surface area (Å²) in [5.74, 6) is -3.73. The number of aromatic nitrogens is 1. The van der Waals surface area contributed by atoms with Gasteiger partial charge in [0.15, 0.2) is 5.13 Å². The molecule has 0 aliphatic carbocycles.